The van der Waals surface area contributed by atoms with E-state index in [0.29, 0.717) is 11.6 Å². The van der Waals surface area contributed by atoms with E-state index in [0.717, 1.165) is 43.3 Å². The standard InChI is InChI=1S/C20H22Cl2N4O/c21-18-5-1-16(2-6-18)13-23-24-20(27)15-26-11-9-25(10-12-26)14-17-3-7-19(22)8-4-17/h1-8,13H,9-12,14-15H2,(H,24,27). The molecular weight excluding hydrogens is 383 g/mol. The molecule has 7 heteroatoms. The van der Waals surface area contributed by atoms with Crippen molar-refractivity contribution in [1.29, 1.82) is 0 Å². The summed E-state index contributed by atoms with van der Waals surface area (Å²) in [5.74, 6) is -0.105. The van der Waals surface area contributed by atoms with Crippen LogP contribution in [0.5, 0.6) is 0 Å². The largest absolute Gasteiger partial charge is 0.297 e. The first-order valence-corrected chi connectivity index (χ1v) is 9.61. The Morgan fingerprint density at radius 3 is 2.11 bits per heavy atom. The zero-order valence-corrected chi connectivity index (χ0v) is 16.5. The lowest BCUT2D eigenvalue weighted by atomic mass is 10.2. The molecule has 1 heterocycles. The lowest BCUT2D eigenvalue weighted by Gasteiger charge is -2.34. The van der Waals surface area contributed by atoms with Crippen LogP contribution in [0.15, 0.2) is 53.6 Å². The van der Waals surface area contributed by atoms with Gasteiger partial charge in [0.25, 0.3) is 5.91 Å². The SMILES string of the molecule is O=C(CN1CCN(Cc2ccc(Cl)cc2)CC1)NN=Cc1ccc(Cl)cc1. The second kappa shape index (κ2) is 9.85. The second-order valence-corrected chi connectivity index (χ2v) is 7.40. The van der Waals surface area contributed by atoms with Gasteiger partial charge in [-0.25, -0.2) is 5.43 Å². The van der Waals surface area contributed by atoms with E-state index < -0.39 is 0 Å². The Kier molecular flexibility index (Phi) is 7.24. The fraction of sp³-hybridized carbons (Fsp3) is 0.300. The Hall–Kier alpha value is -1.92. The highest BCUT2D eigenvalue weighted by molar-refractivity contribution is 6.30. The fourth-order valence-corrected chi connectivity index (χ4v) is 3.17. The van der Waals surface area contributed by atoms with E-state index in [1.54, 1.807) is 18.3 Å². The summed E-state index contributed by atoms with van der Waals surface area (Å²) in [6.45, 7) is 4.85. The van der Waals surface area contributed by atoms with E-state index >= 15 is 0 Å². The predicted octanol–water partition coefficient (Wildman–Crippen LogP) is 3.26. The molecule has 3 rings (SSSR count). The fourth-order valence-electron chi connectivity index (χ4n) is 2.92. The van der Waals surface area contributed by atoms with E-state index in [4.69, 9.17) is 23.2 Å². The maximum atomic E-state index is 12.0. The summed E-state index contributed by atoms with van der Waals surface area (Å²) in [4.78, 5) is 16.6. The summed E-state index contributed by atoms with van der Waals surface area (Å²) in [6, 6.07) is 15.2. The summed E-state index contributed by atoms with van der Waals surface area (Å²) >= 11 is 11.8. The number of hydrazone groups is 1. The Morgan fingerprint density at radius 2 is 1.48 bits per heavy atom. The van der Waals surface area contributed by atoms with Crippen LogP contribution in [0.4, 0.5) is 0 Å². The van der Waals surface area contributed by atoms with Gasteiger partial charge in [-0.2, -0.15) is 5.10 Å². The summed E-state index contributed by atoms with van der Waals surface area (Å²) in [7, 11) is 0. The topological polar surface area (TPSA) is 47.9 Å². The molecule has 1 saturated heterocycles. The number of benzene rings is 2. The second-order valence-electron chi connectivity index (χ2n) is 6.52. The number of hydrogen-bond donors (Lipinski definition) is 1. The molecule has 0 aromatic heterocycles. The van der Waals surface area contributed by atoms with Crippen LogP contribution in [0.2, 0.25) is 10.0 Å². The third kappa shape index (κ3) is 6.63. The summed E-state index contributed by atoms with van der Waals surface area (Å²) in [6.07, 6.45) is 1.61. The molecule has 1 N–H and O–H groups in total. The van der Waals surface area contributed by atoms with E-state index in [2.05, 4.69) is 32.5 Å². The van der Waals surface area contributed by atoms with Gasteiger partial charge in [0.2, 0.25) is 0 Å². The molecule has 5 nitrogen and oxygen atoms in total. The Morgan fingerprint density at radius 1 is 0.926 bits per heavy atom. The van der Waals surface area contributed by atoms with Gasteiger partial charge in [0, 0.05) is 42.8 Å². The summed E-state index contributed by atoms with van der Waals surface area (Å²) < 4.78 is 0. The van der Waals surface area contributed by atoms with Crippen molar-refractivity contribution in [3.63, 3.8) is 0 Å². The average molecular weight is 405 g/mol. The van der Waals surface area contributed by atoms with Crippen LogP contribution in [0.25, 0.3) is 0 Å². The molecule has 27 heavy (non-hydrogen) atoms. The molecule has 142 valence electrons. The van der Waals surface area contributed by atoms with Crippen LogP contribution in [0.3, 0.4) is 0 Å². The molecule has 0 spiro atoms. The highest BCUT2D eigenvalue weighted by atomic mass is 35.5. The lowest BCUT2D eigenvalue weighted by molar-refractivity contribution is -0.122. The minimum Gasteiger partial charge on any atom is -0.297 e. The van der Waals surface area contributed by atoms with Crippen molar-refractivity contribution in [2.24, 2.45) is 5.10 Å². The van der Waals surface area contributed by atoms with Crippen molar-refractivity contribution >= 4 is 35.3 Å². The quantitative estimate of drug-likeness (QED) is 0.593. The van der Waals surface area contributed by atoms with Crippen LogP contribution in [-0.4, -0.2) is 54.6 Å². The molecule has 0 bridgehead atoms. The van der Waals surface area contributed by atoms with Gasteiger partial charge < -0.3 is 0 Å². The third-order valence-electron chi connectivity index (χ3n) is 4.42. The number of nitrogens with one attached hydrogen (secondary N) is 1. The molecule has 2 aromatic carbocycles. The smallest absolute Gasteiger partial charge is 0.254 e. The molecule has 0 unspecified atom stereocenters. The molecule has 1 fully saturated rings. The van der Waals surface area contributed by atoms with E-state index in [-0.39, 0.29) is 5.91 Å². The zero-order chi connectivity index (χ0) is 19.1. The van der Waals surface area contributed by atoms with Gasteiger partial charge in [-0.3, -0.25) is 14.6 Å². The van der Waals surface area contributed by atoms with Crippen LogP contribution < -0.4 is 5.43 Å². The maximum Gasteiger partial charge on any atom is 0.254 e. The van der Waals surface area contributed by atoms with Crippen LogP contribution in [-0.2, 0) is 11.3 Å². The molecule has 0 saturated carbocycles. The average Bonchev–Trinajstić information content (AvgIpc) is 2.67. The normalized spacial score (nSPS) is 15.9. The van der Waals surface area contributed by atoms with Crippen molar-refractivity contribution in [3.05, 3.63) is 69.7 Å². The zero-order valence-electron chi connectivity index (χ0n) is 14.9. The van der Waals surface area contributed by atoms with Crippen molar-refractivity contribution < 1.29 is 4.79 Å². The number of hydrogen-bond acceptors (Lipinski definition) is 4. The van der Waals surface area contributed by atoms with Crippen LogP contribution in [0.1, 0.15) is 11.1 Å². The number of nitrogens with zero attached hydrogens (tertiary/aromatic N) is 3. The van der Waals surface area contributed by atoms with Crippen molar-refractivity contribution in [1.82, 2.24) is 15.2 Å². The predicted molar refractivity (Wildman–Crippen MR) is 110 cm³/mol. The first-order chi connectivity index (χ1) is 13.1. The minimum atomic E-state index is -0.105. The Labute approximate surface area is 169 Å². The number of halogens is 2. The van der Waals surface area contributed by atoms with Crippen LogP contribution in [0, 0.1) is 0 Å². The molecule has 2 aromatic rings. The number of piperazine rings is 1. The summed E-state index contributed by atoms with van der Waals surface area (Å²) in [5, 5.41) is 5.43. The van der Waals surface area contributed by atoms with Gasteiger partial charge in [-0.1, -0.05) is 47.5 Å². The first-order valence-electron chi connectivity index (χ1n) is 8.85. The van der Waals surface area contributed by atoms with Crippen LogP contribution >= 0.6 is 23.2 Å². The molecular formula is C20H22Cl2N4O. The van der Waals surface area contributed by atoms with E-state index in [1.165, 1.54) is 5.56 Å². The third-order valence-corrected chi connectivity index (χ3v) is 4.93. The monoisotopic (exact) mass is 404 g/mol. The highest BCUT2D eigenvalue weighted by Crippen LogP contribution is 2.13. The van der Waals surface area contributed by atoms with Crippen molar-refractivity contribution in [3.8, 4) is 0 Å². The molecule has 0 radical (unpaired) electrons. The summed E-state index contributed by atoms with van der Waals surface area (Å²) in [5.41, 5.74) is 4.72. The Balaban J connectivity index is 1.37. The molecule has 1 aliphatic rings. The van der Waals surface area contributed by atoms with Gasteiger partial charge >= 0.3 is 0 Å². The van der Waals surface area contributed by atoms with Gasteiger partial charge in [-0.15, -0.1) is 0 Å². The van der Waals surface area contributed by atoms with E-state index in [1.807, 2.05) is 24.3 Å². The Bertz CT molecular complexity index is 770. The van der Waals surface area contributed by atoms with Crippen molar-refractivity contribution in [2.45, 2.75) is 6.54 Å². The number of carbonyl (C=O) groups is 1. The first kappa shape index (κ1) is 19.8. The van der Waals surface area contributed by atoms with Crippen molar-refractivity contribution in [2.75, 3.05) is 32.7 Å². The number of rotatable bonds is 6. The van der Waals surface area contributed by atoms with Gasteiger partial charge in [0.15, 0.2) is 0 Å². The maximum absolute atomic E-state index is 12.0. The molecule has 0 atom stereocenters. The van der Waals surface area contributed by atoms with Gasteiger partial charge in [-0.05, 0) is 35.4 Å². The molecule has 1 aliphatic heterocycles. The number of carbonyl (C=O) groups excluding carboxylic acids is 1. The van der Waals surface area contributed by atoms with Gasteiger partial charge in [0.05, 0.1) is 12.8 Å². The molecule has 0 aliphatic carbocycles. The number of amides is 1. The minimum absolute atomic E-state index is 0.105. The molecule has 1 amide bonds. The lowest BCUT2D eigenvalue weighted by Crippen LogP contribution is -2.48. The van der Waals surface area contributed by atoms with Gasteiger partial charge in [0.1, 0.15) is 0 Å². The van der Waals surface area contributed by atoms with E-state index in [9.17, 15) is 4.79 Å². The highest BCUT2D eigenvalue weighted by Gasteiger charge is 2.18.